The molecule has 3 rings (SSSR count). The average Bonchev–Trinajstić information content (AvgIpc) is 2.91. The monoisotopic (exact) mass is 224 g/mol. The third-order valence-corrected chi connectivity index (χ3v) is 4.64. The molecular formula is C12H16O2S. The van der Waals surface area contributed by atoms with E-state index in [-0.39, 0.29) is 6.10 Å². The van der Waals surface area contributed by atoms with Gasteiger partial charge in [-0.15, -0.1) is 11.3 Å². The van der Waals surface area contributed by atoms with Crippen molar-refractivity contribution in [3.05, 3.63) is 21.9 Å². The molecule has 0 aromatic carbocycles. The lowest BCUT2D eigenvalue weighted by Crippen LogP contribution is -2.23. The fourth-order valence-corrected chi connectivity index (χ4v) is 3.69. The highest BCUT2D eigenvalue weighted by molar-refractivity contribution is 7.10. The van der Waals surface area contributed by atoms with E-state index >= 15 is 0 Å². The number of hydrogen-bond acceptors (Lipinski definition) is 3. The maximum absolute atomic E-state index is 10.3. The van der Waals surface area contributed by atoms with Gasteiger partial charge in [0.1, 0.15) is 0 Å². The van der Waals surface area contributed by atoms with Crippen molar-refractivity contribution in [3.63, 3.8) is 0 Å². The Labute approximate surface area is 93.9 Å². The topological polar surface area (TPSA) is 29.5 Å². The van der Waals surface area contributed by atoms with Crippen LogP contribution in [0, 0.1) is 12.8 Å². The molecule has 2 fully saturated rings. The molecule has 2 nitrogen and oxygen atoms in total. The van der Waals surface area contributed by atoms with Crippen LogP contribution >= 0.6 is 11.3 Å². The Balaban J connectivity index is 1.81. The predicted octanol–water partition coefficient (Wildman–Crippen LogP) is 2.66. The van der Waals surface area contributed by atoms with Gasteiger partial charge in [0.15, 0.2) is 0 Å². The Morgan fingerprint density at radius 2 is 2.40 bits per heavy atom. The minimum Gasteiger partial charge on any atom is -0.388 e. The second-order valence-corrected chi connectivity index (χ2v) is 5.77. The van der Waals surface area contributed by atoms with E-state index in [0.717, 1.165) is 18.4 Å². The van der Waals surface area contributed by atoms with Crippen molar-refractivity contribution < 1.29 is 9.84 Å². The van der Waals surface area contributed by atoms with Gasteiger partial charge in [-0.1, -0.05) is 0 Å². The highest BCUT2D eigenvalue weighted by Crippen LogP contribution is 2.45. The van der Waals surface area contributed by atoms with E-state index in [1.807, 2.05) is 0 Å². The molecule has 1 aromatic heterocycles. The van der Waals surface area contributed by atoms with Crippen molar-refractivity contribution in [3.8, 4) is 0 Å². The van der Waals surface area contributed by atoms with Crippen molar-refractivity contribution in [1.82, 2.24) is 0 Å². The quantitative estimate of drug-likeness (QED) is 0.837. The molecule has 1 aromatic rings. The molecule has 2 aliphatic heterocycles. The van der Waals surface area contributed by atoms with E-state index in [1.54, 1.807) is 11.3 Å². The number of aliphatic hydroxyl groups excluding tert-OH is 1. The lowest BCUT2D eigenvalue weighted by molar-refractivity contribution is 0.0422. The first-order chi connectivity index (χ1) is 7.25. The second-order valence-electron chi connectivity index (χ2n) is 4.65. The molecule has 0 spiro atoms. The number of rotatable bonds is 2. The van der Waals surface area contributed by atoms with Gasteiger partial charge in [0.25, 0.3) is 0 Å². The summed E-state index contributed by atoms with van der Waals surface area (Å²) in [4.78, 5) is 1.24. The van der Waals surface area contributed by atoms with Crippen molar-refractivity contribution in [2.45, 2.75) is 44.5 Å². The molecule has 2 saturated heterocycles. The van der Waals surface area contributed by atoms with E-state index in [1.165, 1.54) is 11.3 Å². The minimum absolute atomic E-state index is 0.310. The van der Waals surface area contributed by atoms with Crippen LogP contribution in [0.1, 0.15) is 35.8 Å². The number of aliphatic hydroxyl groups is 1. The lowest BCUT2D eigenvalue weighted by atomic mass is 9.83. The fraction of sp³-hybridized carbons (Fsp3) is 0.667. The fourth-order valence-electron chi connectivity index (χ4n) is 2.94. The molecule has 2 aliphatic rings. The van der Waals surface area contributed by atoms with Gasteiger partial charge >= 0.3 is 0 Å². The number of aryl methyl sites for hydroxylation is 1. The number of ether oxygens (including phenoxy) is 1. The average molecular weight is 224 g/mol. The number of hydrogen-bond donors (Lipinski definition) is 1. The van der Waals surface area contributed by atoms with Crippen molar-refractivity contribution in [1.29, 1.82) is 0 Å². The zero-order valence-corrected chi connectivity index (χ0v) is 9.67. The molecule has 0 radical (unpaired) electrons. The minimum atomic E-state index is -0.313. The standard InChI is InChI=1S/C12H16O2S/c1-7-9(4-5-15-7)12(13)10-6-8-2-3-11(10)14-8/h4-5,8,10-13H,2-3,6H2,1H3. The molecule has 3 heteroatoms. The Kier molecular flexibility index (Phi) is 2.34. The largest absolute Gasteiger partial charge is 0.388 e. The summed E-state index contributed by atoms with van der Waals surface area (Å²) in [5, 5.41) is 12.4. The van der Waals surface area contributed by atoms with Crippen LogP contribution in [0.2, 0.25) is 0 Å². The summed E-state index contributed by atoms with van der Waals surface area (Å²) in [6, 6.07) is 2.05. The molecular weight excluding hydrogens is 208 g/mol. The van der Waals surface area contributed by atoms with E-state index in [9.17, 15) is 5.11 Å². The first-order valence-corrected chi connectivity index (χ1v) is 6.51. The molecule has 15 heavy (non-hydrogen) atoms. The van der Waals surface area contributed by atoms with E-state index in [4.69, 9.17) is 4.74 Å². The Morgan fingerprint density at radius 1 is 1.53 bits per heavy atom. The van der Waals surface area contributed by atoms with Crippen LogP contribution in [0.25, 0.3) is 0 Å². The normalized spacial score (nSPS) is 36.0. The van der Waals surface area contributed by atoms with Crippen LogP contribution in [0.3, 0.4) is 0 Å². The molecule has 4 unspecified atom stereocenters. The van der Waals surface area contributed by atoms with Crippen LogP contribution in [0.5, 0.6) is 0 Å². The molecule has 4 atom stereocenters. The van der Waals surface area contributed by atoms with Crippen LogP contribution < -0.4 is 0 Å². The zero-order valence-electron chi connectivity index (χ0n) is 8.85. The van der Waals surface area contributed by atoms with Gasteiger partial charge in [-0.25, -0.2) is 0 Å². The molecule has 0 amide bonds. The SMILES string of the molecule is Cc1sccc1C(O)C1CC2CCC1O2. The molecule has 0 saturated carbocycles. The Bertz CT molecular complexity index is 360. The predicted molar refractivity (Wildman–Crippen MR) is 60.0 cm³/mol. The van der Waals surface area contributed by atoms with E-state index in [0.29, 0.717) is 18.1 Å². The number of thiophene rings is 1. The molecule has 82 valence electrons. The van der Waals surface area contributed by atoms with Gasteiger partial charge in [0, 0.05) is 10.8 Å². The summed E-state index contributed by atoms with van der Waals surface area (Å²) >= 11 is 1.71. The first-order valence-electron chi connectivity index (χ1n) is 5.63. The second kappa shape index (κ2) is 3.58. The smallest absolute Gasteiger partial charge is 0.0854 e. The molecule has 1 N–H and O–H groups in total. The summed E-state index contributed by atoms with van der Waals surface area (Å²) in [5.74, 6) is 0.331. The Hall–Kier alpha value is -0.380. The van der Waals surface area contributed by atoms with Crippen LogP contribution in [-0.2, 0) is 4.74 Å². The summed E-state index contributed by atoms with van der Waals surface area (Å²) in [6.07, 6.45) is 3.79. The lowest BCUT2D eigenvalue weighted by Gasteiger charge is -2.24. The maximum atomic E-state index is 10.3. The van der Waals surface area contributed by atoms with Gasteiger partial charge in [0.2, 0.25) is 0 Å². The summed E-state index contributed by atoms with van der Waals surface area (Å²) in [7, 11) is 0. The molecule has 3 heterocycles. The highest BCUT2D eigenvalue weighted by Gasteiger charge is 2.44. The van der Waals surface area contributed by atoms with Gasteiger partial charge in [0.05, 0.1) is 18.3 Å². The highest BCUT2D eigenvalue weighted by atomic mass is 32.1. The van der Waals surface area contributed by atoms with Crippen molar-refractivity contribution in [2.75, 3.05) is 0 Å². The summed E-state index contributed by atoms with van der Waals surface area (Å²) in [6.45, 7) is 2.08. The summed E-state index contributed by atoms with van der Waals surface area (Å²) in [5.41, 5.74) is 1.11. The van der Waals surface area contributed by atoms with Gasteiger partial charge < -0.3 is 9.84 Å². The van der Waals surface area contributed by atoms with Crippen molar-refractivity contribution >= 4 is 11.3 Å². The van der Waals surface area contributed by atoms with Gasteiger partial charge in [-0.3, -0.25) is 0 Å². The van der Waals surface area contributed by atoms with Gasteiger partial charge in [-0.05, 0) is 43.2 Å². The Morgan fingerprint density at radius 3 is 2.93 bits per heavy atom. The zero-order chi connectivity index (χ0) is 10.4. The maximum Gasteiger partial charge on any atom is 0.0854 e. The van der Waals surface area contributed by atoms with E-state index in [2.05, 4.69) is 18.4 Å². The van der Waals surface area contributed by atoms with Crippen LogP contribution in [-0.4, -0.2) is 17.3 Å². The van der Waals surface area contributed by atoms with Crippen LogP contribution in [0.15, 0.2) is 11.4 Å². The van der Waals surface area contributed by atoms with Crippen LogP contribution in [0.4, 0.5) is 0 Å². The van der Waals surface area contributed by atoms with E-state index < -0.39 is 0 Å². The third-order valence-electron chi connectivity index (χ3n) is 3.78. The van der Waals surface area contributed by atoms with Crippen molar-refractivity contribution in [2.24, 2.45) is 5.92 Å². The molecule has 2 bridgehead atoms. The summed E-state index contributed by atoms with van der Waals surface area (Å²) < 4.78 is 5.79. The third kappa shape index (κ3) is 1.53. The molecule has 0 aliphatic carbocycles. The van der Waals surface area contributed by atoms with Gasteiger partial charge in [-0.2, -0.15) is 0 Å². The first kappa shape index (κ1) is 9.82. The number of fused-ring (bicyclic) bond motifs is 2.